The zero-order valence-corrected chi connectivity index (χ0v) is 35.1. The number of fused-ring (bicyclic) bond motifs is 10. The minimum atomic E-state index is 0.882. The first-order valence-electron chi connectivity index (χ1n) is 21.9. The van der Waals surface area contributed by atoms with E-state index in [9.17, 15) is 0 Å². The minimum absolute atomic E-state index is 0.882. The van der Waals surface area contributed by atoms with E-state index in [-0.39, 0.29) is 0 Å². The van der Waals surface area contributed by atoms with E-state index in [1.54, 1.807) is 0 Å². The fourth-order valence-corrected chi connectivity index (χ4v) is 9.64. The molecular formula is C60H37N5. The van der Waals surface area contributed by atoms with Crippen LogP contribution in [0.1, 0.15) is 0 Å². The predicted molar refractivity (Wildman–Crippen MR) is 271 cm³/mol. The van der Waals surface area contributed by atoms with Gasteiger partial charge < -0.3 is 4.90 Å². The number of anilines is 3. The molecule has 65 heavy (non-hydrogen) atoms. The van der Waals surface area contributed by atoms with Crippen molar-refractivity contribution in [3.8, 4) is 33.4 Å². The molecule has 0 amide bonds. The van der Waals surface area contributed by atoms with Crippen molar-refractivity contribution in [3.63, 3.8) is 0 Å². The first-order chi connectivity index (χ1) is 32.2. The van der Waals surface area contributed by atoms with Crippen molar-refractivity contribution in [2.24, 2.45) is 0 Å². The Morgan fingerprint density at radius 3 is 1.17 bits per heavy atom. The molecule has 0 unspecified atom stereocenters. The maximum atomic E-state index is 4.58. The topological polar surface area (TPSA) is 54.8 Å². The molecule has 302 valence electrons. The van der Waals surface area contributed by atoms with Crippen LogP contribution in [0, 0.1) is 0 Å². The standard InChI is InChI=1S/C60H37N5/c1-2-8-41-33-42(14-13-38(41)7-1)43-21-29-51-46(34-43)15-16-47-35-50(28-32-52(47)51)65(48-24-17-39(18-25-48)44-22-30-55-53-9-3-5-11-57(53)61-63-59(55)36-44)49-26-19-40(20-27-49)45-23-31-56-54-10-4-6-12-58(54)62-64-60(56)37-45/h1-37H. The SMILES string of the molecule is c1ccc2cc(-c3ccc4c(ccc5cc(N(c6ccc(-c7ccc8c(c7)nnc7ccccc78)cc6)c6ccc(-c7ccc8c(c7)nnc7ccccc78)cc6)ccc54)c3)ccc2c1. The average molecular weight is 828 g/mol. The van der Waals surface area contributed by atoms with Gasteiger partial charge in [-0.1, -0.05) is 152 Å². The third kappa shape index (κ3) is 6.40. The van der Waals surface area contributed by atoms with Gasteiger partial charge in [0, 0.05) is 38.6 Å². The summed E-state index contributed by atoms with van der Waals surface area (Å²) in [6.45, 7) is 0. The Morgan fingerprint density at radius 1 is 0.215 bits per heavy atom. The second-order valence-corrected chi connectivity index (χ2v) is 16.8. The van der Waals surface area contributed by atoms with Crippen LogP contribution in [0.2, 0.25) is 0 Å². The van der Waals surface area contributed by atoms with Gasteiger partial charge in [0.25, 0.3) is 0 Å². The molecule has 0 fully saturated rings. The number of aromatic nitrogens is 4. The molecule has 13 rings (SSSR count). The fraction of sp³-hybridized carbons (Fsp3) is 0. The van der Waals surface area contributed by atoms with Gasteiger partial charge in [0.2, 0.25) is 0 Å². The lowest BCUT2D eigenvalue weighted by molar-refractivity contribution is 1.12. The van der Waals surface area contributed by atoms with Crippen molar-refractivity contribution in [2.75, 3.05) is 4.90 Å². The third-order valence-electron chi connectivity index (χ3n) is 13.0. The maximum Gasteiger partial charge on any atom is 0.0942 e. The Hall–Kier alpha value is -8.80. The van der Waals surface area contributed by atoms with Crippen LogP contribution >= 0.6 is 0 Å². The molecule has 0 radical (unpaired) electrons. The van der Waals surface area contributed by atoms with Crippen LogP contribution < -0.4 is 4.90 Å². The second kappa shape index (κ2) is 14.9. The van der Waals surface area contributed by atoms with Gasteiger partial charge in [0.1, 0.15) is 0 Å². The summed E-state index contributed by atoms with van der Waals surface area (Å²) in [6, 6.07) is 80.4. The summed E-state index contributed by atoms with van der Waals surface area (Å²) in [5.74, 6) is 0. The van der Waals surface area contributed by atoms with Crippen LogP contribution in [0.4, 0.5) is 17.1 Å². The van der Waals surface area contributed by atoms with Crippen LogP contribution in [-0.4, -0.2) is 20.4 Å². The average Bonchev–Trinajstić information content (AvgIpc) is 3.38. The second-order valence-electron chi connectivity index (χ2n) is 16.8. The maximum absolute atomic E-state index is 4.58. The van der Waals surface area contributed by atoms with Crippen LogP contribution in [-0.2, 0) is 0 Å². The lowest BCUT2D eigenvalue weighted by atomic mass is 9.96. The van der Waals surface area contributed by atoms with Crippen LogP contribution in [0.15, 0.2) is 224 Å². The van der Waals surface area contributed by atoms with E-state index in [4.69, 9.17) is 0 Å². The number of benzene rings is 11. The van der Waals surface area contributed by atoms with Crippen molar-refractivity contribution in [1.29, 1.82) is 0 Å². The lowest BCUT2D eigenvalue weighted by Crippen LogP contribution is -2.09. The van der Waals surface area contributed by atoms with Gasteiger partial charge in [0.05, 0.1) is 22.1 Å². The molecule has 2 heterocycles. The lowest BCUT2D eigenvalue weighted by Gasteiger charge is -2.26. The summed E-state index contributed by atoms with van der Waals surface area (Å²) in [4.78, 5) is 2.34. The molecule has 0 atom stereocenters. The van der Waals surface area contributed by atoms with Crippen molar-refractivity contribution >= 4 is 93.0 Å². The van der Waals surface area contributed by atoms with Crippen molar-refractivity contribution in [3.05, 3.63) is 224 Å². The largest absolute Gasteiger partial charge is 0.310 e. The number of hydrogen-bond acceptors (Lipinski definition) is 5. The van der Waals surface area contributed by atoms with Gasteiger partial charge in [0.15, 0.2) is 0 Å². The quantitative estimate of drug-likeness (QED) is 0.156. The Kier molecular flexibility index (Phi) is 8.46. The molecule has 0 aliphatic rings. The Morgan fingerprint density at radius 2 is 0.585 bits per heavy atom. The highest BCUT2D eigenvalue weighted by molar-refractivity contribution is 6.10. The van der Waals surface area contributed by atoms with Gasteiger partial charge in [-0.3, -0.25) is 0 Å². The molecule has 5 heteroatoms. The van der Waals surface area contributed by atoms with E-state index in [2.05, 4.69) is 225 Å². The number of hydrogen-bond donors (Lipinski definition) is 0. The summed E-state index contributed by atoms with van der Waals surface area (Å²) in [6.07, 6.45) is 0. The summed E-state index contributed by atoms with van der Waals surface area (Å²) >= 11 is 0. The first kappa shape index (κ1) is 36.8. The zero-order chi connectivity index (χ0) is 42.8. The third-order valence-corrected chi connectivity index (χ3v) is 13.0. The first-order valence-corrected chi connectivity index (χ1v) is 21.9. The van der Waals surface area contributed by atoms with Gasteiger partial charge in [-0.05, 0) is 138 Å². The molecule has 0 spiro atoms. The van der Waals surface area contributed by atoms with E-state index in [0.29, 0.717) is 0 Å². The molecule has 0 saturated carbocycles. The minimum Gasteiger partial charge on any atom is -0.310 e. The molecule has 13 aromatic rings. The van der Waals surface area contributed by atoms with E-state index in [0.717, 1.165) is 82.9 Å². The van der Waals surface area contributed by atoms with Gasteiger partial charge in [-0.15, -0.1) is 20.4 Å². The Bertz CT molecular complexity index is 3850. The summed E-state index contributed by atoms with van der Waals surface area (Å²) in [7, 11) is 0. The van der Waals surface area contributed by atoms with Crippen molar-refractivity contribution in [2.45, 2.75) is 0 Å². The van der Waals surface area contributed by atoms with Gasteiger partial charge in [-0.2, -0.15) is 0 Å². The molecule has 2 aromatic heterocycles. The summed E-state index contributed by atoms with van der Waals surface area (Å²) in [5.41, 5.74) is 13.6. The molecule has 0 aliphatic carbocycles. The zero-order valence-electron chi connectivity index (χ0n) is 35.1. The molecule has 5 nitrogen and oxygen atoms in total. The fourth-order valence-electron chi connectivity index (χ4n) is 9.64. The van der Waals surface area contributed by atoms with Gasteiger partial charge >= 0.3 is 0 Å². The highest BCUT2D eigenvalue weighted by Gasteiger charge is 2.16. The van der Waals surface area contributed by atoms with Crippen LogP contribution in [0.5, 0.6) is 0 Å². The van der Waals surface area contributed by atoms with Gasteiger partial charge in [-0.25, -0.2) is 0 Å². The Labute approximate surface area is 374 Å². The molecule has 0 N–H and O–H groups in total. The number of rotatable bonds is 6. The van der Waals surface area contributed by atoms with Crippen LogP contribution in [0.3, 0.4) is 0 Å². The molecule has 0 saturated heterocycles. The van der Waals surface area contributed by atoms with Crippen molar-refractivity contribution in [1.82, 2.24) is 20.4 Å². The molecule has 0 aliphatic heterocycles. The Balaban J connectivity index is 0.882. The van der Waals surface area contributed by atoms with E-state index < -0.39 is 0 Å². The monoisotopic (exact) mass is 827 g/mol. The summed E-state index contributed by atoms with van der Waals surface area (Å²) in [5, 5.41) is 30.0. The van der Waals surface area contributed by atoms with Crippen LogP contribution in [0.25, 0.3) is 109 Å². The molecule has 11 aromatic carbocycles. The molecule has 0 bridgehead atoms. The van der Waals surface area contributed by atoms with E-state index in [1.807, 2.05) is 24.3 Å². The van der Waals surface area contributed by atoms with E-state index >= 15 is 0 Å². The van der Waals surface area contributed by atoms with E-state index in [1.165, 1.54) is 43.4 Å². The highest BCUT2D eigenvalue weighted by atomic mass is 15.1. The normalized spacial score (nSPS) is 11.7. The predicted octanol–water partition coefficient (Wildman–Crippen LogP) is 15.8. The summed E-state index contributed by atoms with van der Waals surface area (Å²) < 4.78 is 0. The number of nitrogens with zero attached hydrogens (tertiary/aromatic N) is 5. The van der Waals surface area contributed by atoms with Crippen molar-refractivity contribution < 1.29 is 0 Å². The smallest absolute Gasteiger partial charge is 0.0942 e. The molecular weight excluding hydrogens is 791 g/mol. The highest BCUT2D eigenvalue weighted by Crippen LogP contribution is 2.40.